The first-order valence-corrected chi connectivity index (χ1v) is 5.55. The Kier molecular flexibility index (Phi) is 2.96. The molecule has 0 atom stereocenters. The second-order valence-electron chi connectivity index (χ2n) is 4.44. The summed E-state index contributed by atoms with van der Waals surface area (Å²) in [5, 5.41) is 15.4. The van der Waals surface area contributed by atoms with Gasteiger partial charge in [0.05, 0.1) is 6.54 Å². The second-order valence-corrected chi connectivity index (χ2v) is 4.44. The highest BCUT2D eigenvalue weighted by Crippen LogP contribution is 2.47. The lowest BCUT2D eigenvalue weighted by Gasteiger charge is -2.11. The number of nitrogens with zero attached hydrogens (tertiary/aromatic N) is 1. The summed E-state index contributed by atoms with van der Waals surface area (Å²) in [6, 6.07) is 1.46. The molecule has 1 fully saturated rings. The SMILES string of the molecule is CCC1(CNCc2cc(C(=O)O)no2)CC1. The van der Waals surface area contributed by atoms with Gasteiger partial charge in [-0.2, -0.15) is 0 Å². The van der Waals surface area contributed by atoms with E-state index in [9.17, 15) is 4.79 Å². The van der Waals surface area contributed by atoms with Crippen molar-refractivity contribution in [3.05, 3.63) is 17.5 Å². The van der Waals surface area contributed by atoms with E-state index in [1.54, 1.807) is 0 Å². The molecule has 2 N–H and O–H groups in total. The molecule has 0 bridgehead atoms. The standard InChI is InChI=1S/C11H16N2O3/c1-2-11(3-4-11)7-12-6-8-5-9(10(14)15)13-16-8/h5,12H,2-4,6-7H2,1H3,(H,14,15). The number of hydrogen-bond acceptors (Lipinski definition) is 4. The van der Waals surface area contributed by atoms with Crippen molar-refractivity contribution in [1.82, 2.24) is 10.5 Å². The first kappa shape index (κ1) is 11.1. The van der Waals surface area contributed by atoms with E-state index in [1.165, 1.54) is 25.3 Å². The third-order valence-corrected chi connectivity index (χ3v) is 3.28. The quantitative estimate of drug-likeness (QED) is 0.768. The van der Waals surface area contributed by atoms with E-state index in [0.29, 0.717) is 17.7 Å². The van der Waals surface area contributed by atoms with E-state index in [0.717, 1.165) is 6.54 Å². The van der Waals surface area contributed by atoms with Crippen LogP contribution in [0.3, 0.4) is 0 Å². The van der Waals surface area contributed by atoms with Crippen LogP contribution in [0.5, 0.6) is 0 Å². The van der Waals surface area contributed by atoms with Gasteiger partial charge >= 0.3 is 5.97 Å². The highest BCUT2D eigenvalue weighted by molar-refractivity contribution is 5.85. The lowest BCUT2D eigenvalue weighted by atomic mass is 10.0. The Morgan fingerprint density at radius 1 is 1.69 bits per heavy atom. The van der Waals surface area contributed by atoms with Gasteiger partial charge in [-0.1, -0.05) is 12.1 Å². The van der Waals surface area contributed by atoms with Crippen molar-refractivity contribution in [3.8, 4) is 0 Å². The highest BCUT2D eigenvalue weighted by atomic mass is 16.5. The predicted molar refractivity (Wildman–Crippen MR) is 57.1 cm³/mol. The third-order valence-electron chi connectivity index (χ3n) is 3.28. The fourth-order valence-electron chi connectivity index (χ4n) is 1.78. The third kappa shape index (κ3) is 2.41. The zero-order chi connectivity index (χ0) is 11.6. The molecule has 0 aliphatic heterocycles. The monoisotopic (exact) mass is 224 g/mol. The minimum Gasteiger partial charge on any atom is -0.476 e. The van der Waals surface area contributed by atoms with Crippen molar-refractivity contribution in [1.29, 1.82) is 0 Å². The molecule has 1 aromatic rings. The minimum absolute atomic E-state index is 0.0339. The Hall–Kier alpha value is -1.36. The average molecular weight is 224 g/mol. The topological polar surface area (TPSA) is 75.4 Å². The molecule has 88 valence electrons. The van der Waals surface area contributed by atoms with Gasteiger partial charge in [-0.15, -0.1) is 0 Å². The zero-order valence-corrected chi connectivity index (χ0v) is 9.32. The molecule has 0 amide bonds. The molecule has 5 nitrogen and oxygen atoms in total. The maximum absolute atomic E-state index is 10.6. The summed E-state index contributed by atoms with van der Waals surface area (Å²) in [7, 11) is 0. The number of nitrogens with one attached hydrogen (secondary N) is 1. The van der Waals surface area contributed by atoms with E-state index in [-0.39, 0.29) is 5.69 Å². The molecule has 1 saturated carbocycles. The normalized spacial score (nSPS) is 17.3. The summed E-state index contributed by atoms with van der Waals surface area (Å²) in [4.78, 5) is 10.6. The van der Waals surface area contributed by atoms with Crippen molar-refractivity contribution in [2.45, 2.75) is 32.7 Å². The Morgan fingerprint density at radius 2 is 2.44 bits per heavy atom. The summed E-state index contributed by atoms with van der Waals surface area (Å²) in [6.45, 7) is 3.71. The summed E-state index contributed by atoms with van der Waals surface area (Å²) >= 11 is 0. The van der Waals surface area contributed by atoms with Gasteiger partial charge in [0.2, 0.25) is 0 Å². The van der Waals surface area contributed by atoms with Crippen LogP contribution in [-0.2, 0) is 6.54 Å². The average Bonchev–Trinajstić information content (AvgIpc) is 2.88. The Bertz CT molecular complexity index is 382. The van der Waals surface area contributed by atoms with Gasteiger partial charge in [0.25, 0.3) is 0 Å². The van der Waals surface area contributed by atoms with Gasteiger partial charge in [0.1, 0.15) is 0 Å². The fraction of sp³-hybridized carbons (Fsp3) is 0.636. The molecule has 0 unspecified atom stereocenters. The maximum atomic E-state index is 10.6. The van der Waals surface area contributed by atoms with Gasteiger partial charge in [-0.3, -0.25) is 0 Å². The number of aromatic nitrogens is 1. The van der Waals surface area contributed by atoms with Gasteiger partial charge in [-0.05, 0) is 24.7 Å². The van der Waals surface area contributed by atoms with E-state index >= 15 is 0 Å². The molecule has 0 spiro atoms. The Balaban J connectivity index is 1.79. The van der Waals surface area contributed by atoms with Crippen molar-refractivity contribution in [2.75, 3.05) is 6.54 Å². The molecule has 1 heterocycles. The number of carbonyl (C=O) groups is 1. The van der Waals surface area contributed by atoms with Crippen LogP contribution >= 0.6 is 0 Å². The number of carboxylic acid groups (broad SMARTS) is 1. The smallest absolute Gasteiger partial charge is 0.358 e. The fourth-order valence-corrected chi connectivity index (χ4v) is 1.78. The van der Waals surface area contributed by atoms with Crippen molar-refractivity contribution < 1.29 is 14.4 Å². The number of hydrogen-bond donors (Lipinski definition) is 2. The molecule has 5 heteroatoms. The summed E-state index contributed by atoms with van der Waals surface area (Å²) in [5.41, 5.74) is 0.448. The van der Waals surface area contributed by atoms with Gasteiger partial charge < -0.3 is 14.9 Å². The Morgan fingerprint density at radius 3 is 2.94 bits per heavy atom. The van der Waals surface area contributed by atoms with Crippen LogP contribution in [0.25, 0.3) is 0 Å². The number of carboxylic acids is 1. The van der Waals surface area contributed by atoms with E-state index < -0.39 is 5.97 Å². The van der Waals surface area contributed by atoms with Crippen LogP contribution < -0.4 is 5.32 Å². The van der Waals surface area contributed by atoms with Gasteiger partial charge in [-0.25, -0.2) is 4.79 Å². The first-order chi connectivity index (χ1) is 7.65. The molecule has 1 aliphatic carbocycles. The lowest BCUT2D eigenvalue weighted by Crippen LogP contribution is -2.22. The molecule has 0 saturated heterocycles. The lowest BCUT2D eigenvalue weighted by molar-refractivity contribution is 0.0685. The maximum Gasteiger partial charge on any atom is 0.358 e. The summed E-state index contributed by atoms with van der Waals surface area (Å²) < 4.78 is 4.90. The molecule has 2 rings (SSSR count). The van der Waals surface area contributed by atoms with Crippen LogP contribution in [0, 0.1) is 5.41 Å². The van der Waals surface area contributed by atoms with Crippen LogP contribution in [0.1, 0.15) is 42.4 Å². The van der Waals surface area contributed by atoms with Gasteiger partial charge in [0.15, 0.2) is 11.5 Å². The van der Waals surface area contributed by atoms with Crippen molar-refractivity contribution >= 4 is 5.97 Å². The van der Waals surface area contributed by atoms with Crippen LogP contribution in [0.15, 0.2) is 10.6 Å². The molecular weight excluding hydrogens is 208 g/mol. The zero-order valence-electron chi connectivity index (χ0n) is 9.32. The van der Waals surface area contributed by atoms with E-state index in [2.05, 4.69) is 17.4 Å². The van der Waals surface area contributed by atoms with Crippen molar-refractivity contribution in [2.24, 2.45) is 5.41 Å². The summed E-state index contributed by atoms with van der Waals surface area (Å²) in [5.74, 6) is -0.480. The van der Waals surface area contributed by atoms with E-state index in [1.807, 2.05) is 0 Å². The molecule has 0 radical (unpaired) electrons. The molecule has 16 heavy (non-hydrogen) atoms. The largest absolute Gasteiger partial charge is 0.476 e. The van der Waals surface area contributed by atoms with Crippen LogP contribution in [0.2, 0.25) is 0 Å². The molecule has 1 aromatic heterocycles. The first-order valence-electron chi connectivity index (χ1n) is 5.55. The second kappa shape index (κ2) is 4.25. The minimum atomic E-state index is -1.05. The highest BCUT2D eigenvalue weighted by Gasteiger charge is 2.39. The molecule has 1 aliphatic rings. The Labute approximate surface area is 93.8 Å². The predicted octanol–water partition coefficient (Wildman–Crippen LogP) is 1.65. The molecular formula is C11H16N2O3. The molecule has 0 aromatic carbocycles. The summed E-state index contributed by atoms with van der Waals surface area (Å²) in [6.07, 6.45) is 3.76. The van der Waals surface area contributed by atoms with Crippen LogP contribution in [0.4, 0.5) is 0 Å². The number of rotatable bonds is 6. The van der Waals surface area contributed by atoms with Crippen molar-refractivity contribution in [3.63, 3.8) is 0 Å². The number of aromatic carboxylic acids is 1. The van der Waals surface area contributed by atoms with Crippen LogP contribution in [-0.4, -0.2) is 22.8 Å². The van der Waals surface area contributed by atoms with E-state index in [4.69, 9.17) is 9.63 Å². The van der Waals surface area contributed by atoms with Gasteiger partial charge in [0, 0.05) is 12.6 Å².